The molecule has 5 heteroatoms. The summed E-state index contributed by atoms with van der Waals surface area (Å²) in [7, 11) is 0. The van der Waals surface area contributed by atoms with Crippen LogP contribution < -0.4 is 10.6 Å². The molecule has 0 aliphatic rings. The molecular formula is C17H28N2O3. The fourth-order valence-corrected chi connectivity index (χ4v) is 2.04. The predicted molar refractivity (Wildman–Crippen MR) is 88.1 cm³/mol. The first kappa shape index (κ1) is 18.3. The van der Waals surface area contributed by atoms with E-state index >= 15 is 0 Å². The smallest absolute Gasteiger partial charge is 0.407 e. The van der Waals surface area contributed by atoms with Gasteiger partial charge in [0.15, 0.2) is 0 Å². The van der Waals surface area contributed by atoms with Crippen LogP contribution >= 0.6 is 0 Å². The second kappa shape index (κ2) is 7.49. The minimum absolute atomic E-state index is 0.0113. The average molecular weight is 308 g/mol. The fourth-order valence-electron chi connectivity index (χ4n) is 2.04. The van der Waals surface area contributed by atoms with Crippen molar-refractivity contribution in [2.24, 2.45) is 0 Å². The lowest BCUT2D eigenvalue weighted by Crippen LogP contribution is -2.43. The number of hydrogen-bond acceptors (Lipinski definition) is 4. The van der Waals surface area contributed by atoms with Crippen LogP contribution in [0.25, 0.3) is 0 Å². The van der Waals surface area contributed by atoms with Gasteiger partial charge in [-0.2, -0.15) is 0 Å². The lowest BCUT2D eigenvalue weighted by atomic mass is 10.0. The van der Waals surface area contributed by atoms with Crippen molar-refractivity contribution >= 4 is 6.09 Å². The number of hydrogen-bond donors (Lipinski definition) is 3. The molecule has 1 rings (SSSR count). The van der Waals surface area contributed by atoms with Crippen LogP contribution in [-0.2, 0) is 4.74 Å². The van der Waals surface area contributed by atoms with Crippen LogP contribution in [0.3, 0.4) is 0 Å². The Morgan fingerprint density at radius 1 is 1.32 bits per heavy atom. The van der Waals surface area contributed by atoms with Crippen LogP contribution in [0, 0.1) is 6.92 Å². The van der Waals surface area contributed by atoms with Crippen molar-refractivity contribution in [3.63, 3.8) is 0 Å². The van der Waals surface area contributed by atoms with Crippen LogP contribution in [-0.4, -0.2) is 29.4 Å². The Hall–Kier alpha value is -1.75. The minimum atomic E-state index is -0.502. The Labute approximate surface area is 133 Å². The Kier molecular flexibility index (Phi) is 6.23. The van der Waals surface area contributed by atoms with Gasteiger partial charge in [-0.25, -0.2) is 4.79 Å². The second-order valence-corrected chi connectivity index (χ2v) is 6.74. The average Bonchev–Trinajstić information content (AvgIpc) is 2.36. The highest BCUT2D eigenvalue weighted by molar-refractivity contribution is 5.68. The van der Waals surface area contributed by atoms with Gasteiger partial charge >= 0.3 is 6.09 Å². The number of amides is 1. The number of benzene rings is 1. The standard InChI is InChI=1S/C17H28N2O3/c1-11-7-8-15(20)14(9-11)13(3)18-10-12(2)19-16(21)22-17(4,5)6/h7-9,12-13,18,20H,10H2,1-6H3,(H,19,21). The summed E-state index contributed by atoms with van der Waals surface area (Å²) in [4.78, 5) is 11.7. The summed E-state index contributed by atoms with van der Waals surface area (Å²) in [6.07, 6.45) is -0.423. The molecule has 0 bridgehead atoms. The molecule has 0 spiro atoms. The highest BCUT2D eigenvalue weighted by atomic mass is 16.6. The molecule has 0 aliphatic carbocycles. The first-order chi connectivity index (χ1) is 10.1. The van der Waals surface area contributed by atoms with E-state index in [4.69, 9.17) is 4.74 Å². The Morgan fingerprint density at radius 3 is 2.55 bits per heavy atom. The van der Waals surface area contributed by atoms with E-state index in [0.29, 0.717) is 6.54 Å². The van der Waals surface area contributed by atoms with Gasteiger partial charge in [-0.3, -0.25) is 0 Å². The third-order valence-electron chi connectivity index (χ3n) is 3.14. The van der Waals surface area contributed by atoms with Crippen molar-refractivity contribution in [1.29, 1.82) is 0 Å². The number of aromatic hydroxyl groups is 1. The SMILES string of the molecule is Cc1ccc(O)c(C(C)NCC(C)NC(=O)OC(C)(C)C)c1. The fraction of sp³-hybridized carbons (Fsp3) is 0.588. The maximum Gasteiger partial charge on any atom is 0.407 e. The number of phenols is 1. The topological polar surface area (TPSA) is 70.6 Å². The Bertz CT molecular complexity index is 509. The summed E-state index contributed by atoms with van der Waals surface area (Å²) in [5, 5.41) is 16.0. The van der Waals surface area contributed by atoms with Gasteiger partial charge in [0.05, 0.1) is 0 Å². The number of aryl methyl sites for hydroxylation is 1. The summed E-state index contributed by atoms with van der Waals surface area (Å²) in [6, 6.07) is 5.44. The number of alkyl carbamates (subject to hydrolysis) is 1. The third kappa shape index (κ3) is 6.35. The molecule has 5 nitrogen and oxygen atoms in total. The number of rotatable bonds is 5. The van der Waals surface area contributed by atoms with Gasteiger partial charge in [-0.15, -0.1) is 0 Å². The lowest BCUT2D eigenvalue weighted by Gasteiger charge is -2.23. The summed E-state index contributed by atoms with van der Waals surface area (Å²) >= 11 is 0. The zero-order chi connectivity index (χ0) is 16.9. The second-order valence-electron chi connectivity index (χ2n) is 6.74. The minimum Gasteiger partial charge on any atom is -0.508 e. The number of ether oxygens (including phenoxy) is 1. The van der Waals surface area contributed by atoms with Gasteiger partial charge in [0.1, 0.15) is 11.4 Å². The van der Waals surface area contributed by atoms with Gasteiger partial charge in [0.25, 0.3) is 0 Å². The monoisotopic (exact) mass is 308 g/mol. The summed E-state index contributed by atoms with van der Waals surface area (Å²) in [5.74, 6) is 0.276. The van der Waals surface area contributed by atoms with Crippen LogP contribution in [0.1, 0.15) is 51.8 Å². The lowest BCUT2D eigenvalue weighted by molar-refractivity contribution is 0.0507. The van der Waals surface area contributed by atoms with E-state index in [9.17, 15) is 9.90 Å². The van der Waals surface area contributed by atoms with Crippen molar-refractivity contribution in [2.75, 3.05) is 6.54 Å². The molecule has 22 heavy (non-hydrogen) atoms. The molecule has 3 N–H and O–H groups in total. The van der Waals surface area contributed by atoms with E-state index in [1.54, 1.807) is 6.07 Å². The molecule has 2 unspecified atom stereocenters. The van der Waals surface area contributed by atoms with Gasteiger partial charge in [0, 0.05) is 24.2 Å². The molecule has 0 saturated heterocycles. The van der Waals surface area contributed by atoms with Gasteiger partial charge in [-0.05, 0) is 47.6 Å². The quantitative estimate of drug-likeness (QED) is 0.781. The van der Waals surface area contributed by atoms with E-state index in [1.807, 2.05) is 53.7 Å². The number of carbonyl (C=O) groups excluding carboxylic acids is 1. The van der Waals surface area contributed by atoms with E-state index in [2.05, 4.69) is 10.6 Å². The molecule has 0 fully saturated rings. The predicted octanol–water partition coefficient (Wildman–Crippen LogP) is 3.26. The Balaban J connectivity index is 2.48. The molecule has 1 amide bonds. The van der Waals surface area contributed by atoms with Gasteiger partial charge in [-0.1, -0.05) is 17.7 Å². The molecule has 0 aliphatic heterocycles. The summed E-state index contributed by atoms with van der Waals surface area (Å²) in [5.41, 5.74) is 1.45. The largest absolute Gasteiger partial charge is 0.508 e. The highest BCUT2D eigenvalue weighted by Crippen LogP contribution is 2.24. The third-order valence-corrected chi connectivity index (χ3v) is 3.14. The zero-order valence-corrected chi connectivity index (χ0v) is 14.4. The molecule has 2 atom stereocenters. The van der Waals surface area contributed by atoms with Gasteiger partial charge < -0.3 is 20.5 Å². The van der Waals surface area contributed by atoms with Crippen LogP contribution in [0.2, 0.25) is 0 Å². The normalized spacial score (nSPS) is 14.3. The van der Waals surface area contributed by atoms with E-state index in [-0.39, 0.29) is 17.8 Å². The number of phenolic OH excluding ortho intramolecular Hbond substituents is 1. The number of carbonyl (C=O) groups is 1. The maximum atomic E-state index is 11.7. The summed E-state index contributed by atoms with van der Waals surface area (Å²) in [6.45, 7) is 11.9. The van der Waals surface area contributed by atoms with E-state index in [1.165, 1.54) is 0 Å². The molecule has 0 radical (unpaired) electrons. The van der Waals surface area contributed by atoms with Crippen LogP contribution in [0.15, 0.2) is 18.2 Å². The van der Waals surface area contributed by atoms with Crippen molar-refractivity contribution in [1.82, 2.24) is 10.6 Å². The molecule has 124 valence electrons. The molecule has 0 heterocycles. The van der Waals surface area contributed by atoms with Crippen LogP contribution in [0.4, 0.5) is 4.79 Å². The Morgan fingerprint density at radius 2 is 1.95 bits per heavy atom. The van der Waals surface area contributed by atoms with Crippen molar-refractivity contribution in [2.45, 2.75) is 59.2 Å². The van der Waals surface area contributed by atoms with E-state index < -0.39 is 11.7 Å². The van der Waals surface area contributed by atoms with Crippen molar-refractivity contribution < 1.29 is 14.6 Å². The molecule has 1 aromatic carbocycles. The van der Waals surface area contributed by atoms with E-state index in [0.717, 1.165) is 11.1 Å². The van der Waals surface area contributed by atoms with Crippen LogP contribution in [0.5, 0.6) is 5.75 Å². The molecule has 1 aromatic rings. The molecule has 0 aromatic heterocycles. The first-order valence-electron chi connectivity index (χ1n) is 7.61. The summed E-state index contributed by atoms with van der Waals surface area (Å²) < 4.78 is 5.22. The first-order valence-corrected chi connectivity index (χ1v) is 7.61. The molecule has 0 saturated carbocycles. The zero-order valence-electron chi connectivity index (χ0n) is 14.4. The number of nitrogens with one attached hydrogen (secondary N) is 2. The highest BCUT2D eigenvalue weighted by Gasteiger charge is 2.18. The van der Waals surface area contributed by atoms with Crippen molar-refractivity contribution in [3.8, 4) is 5.75 Å². The molecular weight excluding hydrogens is 280 g/mol. The van der Waals surface area contributed by atoms with Gasteiger partial charge in [0.2, 0.25) is 0 Å². The maximum absolute atomic E-state index is 11.7. The van der Waals surface area contributed by atoms with Crippen molar-refractivity contribution in [3.05, 3.63) is 29.3 Å².